The van der Waals surface area contributed by atoms with E-state index in [0.29, 0.717) is 36.9 Å². The van der Waals surface area contributed by atoms with Crippen molar-refractivity contribution < 1.29 is 8.42 Å². The van der Waals surface area contributed by atoms with Gasteiger partial charge in [-0.1, -0.05) is 30.3 Å². The van der Waals surface area contributed by atoms with Gasteiger partial charge in [-0.3, -0.25) is 0 Å². The van der Waals surface area contributed by atoms with Crippen LogP contribution in [0, 0.1) is 0 Å². The second-order valence-corrected chi connectivity index (χ2v) is 9.34. The third-order valence-corrected chi connectivity index (χ3v) is 7.23. The van der Waals surface area contributed by atoms with E-state index in [4.69, 9.17) is 11.6 Å². The quantitative estimate of drug-likeness (QED) is 0.551. The number of benzene rings is 2. The van der Waals surface area contributed by atoms with Gasteiger partial charge in [0.1, 0.15) is 5.82 Å². The molecule has 1 aromatic heterocycles. The molecule has 1 aliphatic heterocycles. The van der Waals surface area contributed by atoms with Gasteiger partial charge in [0.25, 0.3) is 0 Å². The van der Waals surface area contributed by atoms with Crippen molar-refractivity contribution in [1.29, 1.82) is 0 Å². The van der Waals surface area contributed by atoms with E-state index in [1.54, 1.807) is 18.3 Å². The van der Waals surface area contributed by atoms with Crippen molar-refractivity contribution >= 4 is 54.1 Å². The molecule has 0 saturated carbocycles. The van der Waals surface area contributed by atoms with E-state index in [1.807, 2.05) is 35.2 Å². The fourth-order valence-corrected chi connectivity index (χ4v) is 5.21. The third-order valence-electron chi connectivity index (χ3n) is 4.59. The van der Waals surface area contributed by atoms with E-state index < -0.39 is 10.0 Å². The van der Waals surface area contributed by atoms with Gasteiger partial charge in [0.05, 0.1) is 9.37 Å². The number of anilines is 1. The minimum atomic E-state index is -3.54. The Labute approximate surface area is 171 Å². The van der Waals surface area contributed by atoms with Crippen molar-refractivity contribution in [3.05, 3.63) is 58.4 Å². The average Bonchev–Trinajstić information content (AvgIpc) is 2.69. The fraction of sp³-hybridized carbons (Fsp3) is 0.222. The third kappa shape index (κ3) is 3.67. The smallest absolute Gasteiger partial charge is 0.243 e. The van der Waals surface area contributed by atoms with Crippen molar-refractivity contribution in [1.82, 2.24) is 14.3 Å². The molecule has 3 aromatic rings. The van der Waals surface area contributed by atoms with Gasteiger partial charge in [-0.25, -0.2) is 13.4 Å². The van der Waals surface area contributed by atoms with E-state index >= 15 is 0 Å². The number of nitrogens with zero attached hydrogens (tertiary/aromatic N) is 4. The van der Waals surface area contributed by atoms with Gasteiger partial charge in [0, 0.05) is 32.4 Å². The summed E-state index contributed by atoms with van der Waals surface area (Å²) in [5.41, 5.74) is 0. The number of aromatic nitrogens is 2. The molecule has 4 rings (SSSR count). The molecule has 2 aromatic carbocycles. The van der Waals surface area contributed by atoms with Gasteiger partial charge in [0.2, 0.25) is 15.3 Å². The summed E-state index contributed by atoms with van der Waals surface area (Å²) in [5.74, 6) is 0.678. The van der Waals surface area contributed by atoms with Crippen LogP contribution in [-0.4, -0.2) is 48.9 Å². The lowest BCUT2D eigenvalue weighted by Crippen LogP contribution is -2.49. The maximum Gasteiger partial charge on any atom is 0.243 e. The largest absolute Gasteiger partial charge is 0.353 e. The monoisotopic (exact) mass is 466 g/mol. The minimum absolute atomic E-state index is 0.166. The number of rotatable bonds is 3. The van der Waals surface area contributed by atoms with Crippen LogP contribution in [0.3, 0.4) is 0 Å². The zero-order valence-corrected chi connectivity index (χ0v) is 17.4. The summed E-state index contributed by atoms with van der Waals surface area (Å²) in [6.07, 6.45) is 1.60. The summed E-state index contributed by atoms with van der Waals surface area (Å²) >= 11 is 9.31. The lowest BCUT2D eigenvalue weighted by atomic mass is 10.1. The van der Waals surface area contributed by atoms with E-state index in [1.165, 1.54) is 4.31 Å². The molecule has 6 nitrogen and oxygen atoms in total. The van der Waals surface area contributed by atoms with Crippen LogP contribution >= 0.6 is 27.5 Å². The average molecular weight is 468 g/mol. The number of fused-ring (bicyclic) bond motifs is 1. The number of sulfonamides is 1. The Kier molecular flexibility index (Phi) is 5.07. The molecule has 0 aliphatic carbocycles. The van der Waals surface area contributed by atoms with Crippen LogP contribution < -0.4 is 4.90 Å². The molecule has 0 unspecified atom stereocenters. The molecule has 0 spiro atoms. The molecule has 2 heterocycles. The van der Waals surface area contributed by atoms with Crippen LogP contribution in [-0.2, 0) is 10.0 Å². The van der Waals surface area contributed by atoms with E-state index in [-0.39, 0.29) is 5.28 Å². The van der Waals surface area contributed by atoms with Crippen molar-refractivity contribution in [3.8, 4) is 0 Å². The van der Waals surface area contributed by atoms with Gasteiger partial charge < -0.3 is 4.90 Å². The molecule has 0 amide bonds. The molecule has 1 fully saturated rings. The lowest BCUT2D eigenvalue weighted by Gasteiger charge is -2.35. The van der Waals surface area contributed by atoms with Crippen molar-refractivity contribution in [2.75, 3.05) is 31.1 Å². The second-order valence-electron chi connectivity index (χ2n) is 6.21. The first-order valence-electron chi connectivity index (χ1n) is 8.37. The Morgan fingerprint density at radius 1 is 1.00 bits per heavy atom. The number of hydrogen-bond donors (Lipinski definition) is 0. The van der Waals surface area contributed by atoms with Gasteiger partial charge in [-0.05, 0) is 50.4 Å². The van der Waals surface area contributed by atoms with Crippen LogP contribution in [0.1, 0.15) is 0 Å². The topological polar surface area (TPSA) is 66.4 Å². The van der Waals surface area contributed by atoms with Crippen LogP contribution in [0.4, 0.5) is 5.82 Å². The molecule has 140 valence electrons. The zero-order valence-electron chi connectivity index (χ0n) is 14.2. The van der Waals surface area contributed by atoms with E-state index in [0.717, 1.165) is 15.2 Å². The van der Waals surface area contributed by atoms with Gasteiger partial charge in [-0.2, -0.15) is 9.29 Å². The first-order valence-corrected chi connectivity index (χ1v) is 11.0. The molecule has 9 heteroatoms. The summed E-state index contributed by atoms with van der Waals surface area (Å²) in [5, 5.41) is 2.10. The van der Waals surface area contributed by atoms with Gasteiger partial charge >= 0.3 is 0 Å². The Balaban J connectivity index is 1.55. The highest BCUT2D eigenvalue weighted by Gasteiger charge is 2.29. The van der Waals surface area contributed by atoms with Crippen molar-refractivity contribution in [2.24, 2.45) is 0 Å². The van der Waals surface area contributed by atoms with Gasteiger partial charge in [0.15, 0.2) is 0 Å². The zero-order chi connectivity index (χ0) is 19.0. The molecule has 0 N–H and O–H groups in total. The lowest BCUT2D eigenvalue weighted by molar-refractivity contribution is 0.383. The van der Waals surface area contributed by atoms with Gasteiger partial charge in [-0.15, -0.1) is 0 Å². The molecular weight excluding hydrogens is 452 g/mol. The second kappa shape index (κ2) is 7.35. The first-order chi connectivity index (χ1) is 12.9. The highest BCUT2D eigenvalue weighted by atomic mass is 79.9. The highest BCUT2D eigenvalue weighted by Crippen LogP contribution is 2.27. The maximum absolute atomic E-state index is 13.0. The van der Waals surface area contributed by atoms with Crippen LogP contribution in [0.15, 0.2) is 58.0 Å². The molecule has 1 saturated heterocycles. The number of halogens is 2. The van der Waals surface area contributed by atoms with Crippen molar-refractivity contribution in [3.63, 3.8) is 0 Å². The Morgan fingerprint density at radius 2 is 1.70 bits per heavy atom. The van der Waals surface area contributed by atoms with Crippen molar-refractivity contribution in [2.45, 2.75) is 4.90 Å². The Bertz CT molecular complexity index is 1100. The molecule has 0 radical (unpaired) electrons. The van der Waals surface area contributed by atoms with E-state index in [2.05, 4.69) is 25.9 Å². The number of piperazine rings is 1. The SMILES string of the molecule is O=S(=O)(c1ccc2ccccc2c1)N1CCN(c2nc(Cl)ncc2Br)CC1. The predicted octanol–water partition coefficient (Wildman–Crippen LogP) is 3.56. The van der Waals surface area contributed by atoms with Crippen LogP contribution in [0.2, 0.25) is 5.28 Å². The first kappa shape index (κ1) is 18.6. The standard InChI is InChI=1S/C18H16BrClN4O2S/c19-16-12-21-18(20)22-17(16)23-7-9-24(10-8-23)27(25,26)15-6-5-13-3-1-2-4-14(13)11-15/h1-6,11-12H,7-10H2. The van der Waals surface area contributed by atoms with E-state index in [9.17, 15) is 8.42 Å². The molecular formula is C18H16BrClN4O2S. The summed E-state index contributed by atoms with van der Waals surface area (Å²) < 4.78 is 28.3. The Hall–Kier alpha value is -1.74. The fourth-order valence-electron chi connectivity index (χ4n) is 3.18. The maximum atomic E-state index is 13.0. The normalized spacial score (nSPS) is 16.0. The Morgan fingerprint density at radius 3 is 2.44 bits per heavy atom. The molecule has 1 aliphatic rings. The molecule has 0 atom stereocenters. The number of hydrogen-bond acceptors (Lipinski definition) is 5. The summed E-state index contributed by atoms with van der Waals surface area (Å²) in [6.45, 7) is 1.81. The summed E-state index contributed by atoms with van der Waals surface area (Å²) in [4.78, 5) is 10.5. The predicted molar refractivity (Wildman–Crippen MR) is 110 cm³/mol. The van der Waals surface area contributed by atoms with Crippen LogP contribution in [0.5, 0.6) is 0 Å². The summed E-state index contributed by atoms with van der Waals surface area (Å²) in [7, 11) is -3.54. The molecule has 27 heavy (non-hydrogen) atoms. The minimum Gasteiger partial charge on any atom is -0.353 e. The highest BCUT2D eigenvalue weighted by molar-refractivity contribution is 9.10. The molecule has 0 bridgehead atoms. The summed E-state index contributed by atoms with van der Waals surface area (Å²) in [6, 6.07) is 13.0. The van der Waals surface area contributed by atoms with Crippen LogP contribution in [0.25, 0.3) is 10.8 Å².